The Morgan fingerprint density at radius 1 is 1.20 bits per heavy atom. The summed E-state index contributed by atoms with van der Waals surface area (Å²) in [5.74, 6) is -0.571. The van der Waals surface area contributed by atoms with Gasteiger partial charge in [-0.2, -0.15) is 8.42 Å². The molecular formula is C16H23NO7S. The van der Waals surface area contributed by atoms with Crippen molar-refractivity contribution in [3.05, 3.63) is 29.3 Å². The van der Waals surface area contributed by atoms with Crippen LogP contribution >= 0.6 is 0 Å². The number of ether oxygens (including phenoxy) is 2. The molecular weight excluding hydrogens is 350 g/mol. The molecule has 140 valence electrons. The van der Waals surface area contributed by atoms with Gasteiger partial charge in [0, 0.05) is 5.69 Å². The number of hydrogen-bond acceptors (Lipinski definition) is 7. The predicted molar refractivity (Wildman–Crippen MR) is 92.1 cm³/mol. The topological polar surface area (TPSA) is 108 Å². The van der Waals surface area contributed by atoms with Crippen molar-refractivity contribution in [1.29, 1.82) is 0 Å². The van der Waals surface area contributed by atoms with E-state index >= 15 is 0 Å². The molecule has 1 aromatic rings. The number of anilines is 1. The quantitative estimate of drug-likeness (QED) is 0.602. The lowest BCUT2D eigenvalue weighted by Crippen LogP contribution is -2.27. The van der Waals surface area contributed by atoms with Crippen LogP contribution in [0.3, 0.4) is 0 Å². The molecule has 1 N–H and O–H groups in total. The number of methoxy groups -OCH3 is 1. The van der Waals surface area contributed by atoms with Crippen LogP contribution in [0.5, 0.6) is 0 Å². The summed E-state index contributed by atoms with van der Waals surface area (Å²) >= 11 is 0. The Balaban J connectivity index is 2.97. The second-order valence-corrected chi connectivity index (χ2v) is 7.91. The molecule has 0 saturated heterocycles. The van der Waals surface area contributed by atoms with E-state index in [1.807, 2.05) is 0 Å². The van der Waals surface area contributed by atoms with E-state index in [1.165, 1.54) is 19.2 Å². The van der Waals surface area contributed by atoms with Gasteiger partial charge in [-0.1, -0.05) is 0 Å². The largest absolute Gasteiger partial charge is 0.465 e. The van der Waals surface area contributed by atoms with E-state index in [1.54, 1.807) is 26.8 Å². The van der Waals surface area contributed by atoms with E-state index in [9.17, 15) is 18.0 Å². The fourth-order valence-corrected chi connectivity index (χ4v) is 2.30. The molecule has 0 saturated carbocycles. The number of esters is 1. The summed E-state index contributed by atoms with van der Waals surface area (Å²) in [6.45, 7) is 5.07. The van der Waals surface area contributed by atoms with Crippen molar-refractivity contribution in [1.82, 2.24) is 0 Å². The molecule has 0 fully saturated rings. The highest BCUT2D eigenvalue weighted by atomic mass is 32.2. The standard InChI is InChI=1S/C16H23NO7S/c1-16(2,3)24-15(19)17-12-6-7-13(14(18)22-4)11(10-12)8-9-23-25(5,20)21/h6-7,10H,8-9H2,1-5H3,(H,17,19). The molecule has 0 atom stereocenters. The fourth-order valence-electron chi connectivity index (χ4n) is 1.91. The van der Waals surface area contributed by atoms with Crippen molar-refractivity contribution in [3.8, 4) is 0 Å². The Labute approximate surface area is 147 Å². The zero-order chi connectivity index (χ0) is 19.3. The van der Waals surface area contributed by atoms with Gasteiger partial charge in [0.1, 0.15) is 5.60 Å². The number of amides is 1. The summed E-state index contributed by atoms with van der Waals surface area (Å²) in [5, 5.41) is 2.56. The first-order chi connectivity index (χ1) is 11.4. The third kappa shape index (κ3) is 7.99. The van der Waals surface area contributed by atoms with Crippen LogP contribution in [0.1, 0.15) is 36.7 Å². The zero-order valence-electron chi connectivity index (χ0n) is 14.9. The highest BCUT2D eigenvalue weighted by Crippen LogP contribution is 2.19. The maximum Gasteiger partial charge on any atom is 0.412 e. The number of hydrogen-bond donors (Lipinski definition) is 1. The summed E-state index contributed by atoms with van der Waals surface area (Å²) in [6.07, 6.45) is 0.437. The van der Waals surface area contributed by atoms with E-state index < -0.39 is 27.8 Å². The van der Waals surface area contributed by atoms with Gasteiger partial charge in [0.25, 0.3) is 10.1 Å². The van der Waals surface area contributed by atoms with Crippen molar-refractivity contribution in [2.24, 2.45) is 0 Å². The maximum absolute atomic E-state index is 11.8. The third-order valence-electron chi connectivity index (χ3n) is 2.82. The normalized spacial score (nSPS) is 11.7. The Hall–Kier alpha value is -2.13. The van der Waals surface area contributed by atoms with Gasteiger partial charge in [0.2, 0.25) is 0 Å². The van der Waals surface area contributed by atoms with E-state index in [-0.39, 0.29) is 18.6 Å². The number of nitrogens with one attached hydrogen (secondary N) is 1. The molecule has 0 heterocycles. The van der Waals surface area contributed by atoms with Crippen molar-refractivity contribution in [2.45, 2.75) is 32.8 Å². The zero-order valence-corrected chi connectivity index (χ0v) is 15.7. The van der Waals surface area contributed by atoms with E-state index in [0.29, 0.717) is 11.3 Å². The minimum absolute atomic E-state index is 0.140. The van der Waals surface area contributed by atoms with Gasteiger partial charge in [0.15, 0.2) is 0 Å². The molecule has 0 aromatic heterocycles. The molecule has 9 heteroatoms. The number of rotatable bonds is 6. The average molecular weight is 373 g/mol. The monoisotopic (exact) mass is 373 g/mol. The summed E-state index contributed by atoms with van der Waals surface area (Å²) < 4.78 is 36.7. The number of benzene rings is 1. The Morgan fingerprint density at radius 3 is 2.36 bits per heavy atom. The van der Waals surface area contributed by atoms with Crippen LogP contribution < -0.4 is 5.32 Å². The van der Waals surface area contributed by atoms with Gasteiger partial charge in [-0.15, -0.1) is 0 Å². The first kappa shape index (κ1) is 20.9. The van der Waals surface area contributed by atoms with E-state index in [2.05, 4.69) is 5.32 Å². The summed E-state index contributed by atoms with van der Waals surface area (Å²) in [7, 11) is -2.35. The first-order valence-electron chi connectivity index (χ1n) is 7.47. The molecule has 0 aliphatic rings. The molecule has 0 spiro atoms. The van der Waals surface area contributed by atoms with Gasteiger partial charge in [-0.3, -0.25) is 9.50 Å². The Bertz CT molecular complexity index is 735. The van der Waals surface area contributed by atoms with Crippen LogP contribution in [0.25, 0.3) is 0 Å². The summed E-state index contributed by atoms with van der Waals surface area (Å²) in [4.78, 5) is 23.7. The SMILES string of the molecule is COC(=O)c1ccc(NC(=O)OC(C)(C)C)cc1CCOS(C)(=O)=O. The molecule has 0 radical (unpaired) electrons. The van der Waals surface area contributed by atoms with Crippen LogP contribution in [0, 0.1) is 0 Å². The minimum atomic E-state index is -3.59. The smallest absolute Gasteiger partial charge is 0.412 e. The highest BCUT2D eigenvalue weighted by Gasteiger charge is 2.18. The second kappa shape index (κ2) is 8.30. The van der Waals surface area contributed by atoms with Crippen molar-refractivity contribution in [2.75, 3.05) is 25.3 Å². The Kier molecular flexibility index (Phi) is 6.95. The van der Waals surface area contributed by atoms with Crippen LogP contribution in [-0.4, -0.2) is 46.1 Å². The van der Waals surface area contributed by atoms with Gasteiger partial charge in [-0.25, -0.2) is 9.59 Å². The maximum atomic E-state index is 11.8. The van der Waals surface area contributed by atoms with Gasteiger partial charge >= 0.3 is 12.1 Å². The number of carbonyl (C=O) groups excluding carboxylic acids is 2. The molecule has 0 aliphatic heterocycles. The fraction of sp³-hybridized carbons (Fsp3) is 0.500. The van der Waals surface area contributed by atoms with Crippen LogP contribution in [0.4, 0.5) is 10.5 Å². The summed E-state index contributed by atoms with van der Waals surface area (Å²) in [6, 6.07) is 4.55. The highest BCUT2D eigenvalue weighted by molar-refractivity contribution is 7.85. The molecule has 1 aromatic carbocycles. The van der Waals surface area contributed by atoms with Crippen molar-refractivity contribution >= 4 is 27.9 Å². The molecule has 0 aliphatic carbocycles. The lowest BCUT2D eigenvalue weighted by Gasteiger charge is -2.20. The minimum Gasteiger partial charge on any atom is -0.465 e. The van der Waals surface area contributed by atoms with Crippen LogP contribution in [0.15, 0.2) is 18.2 Å². The van der Waals surface area contributed by atoms with Crippen molar-refractivity contribution in [3.63, 3.8) is 0 Å². The second-order valence-electron chi connectivity index (χ2n) is 6.27. The van der Waals surface area contributed by atoms with E-state index in [0.717, 1.165) is 6.26 Å². The average Bonchev–Trinajstić information content (AvgIpc) is 2.43. The molecule has 8 nitrogen and oxygen atoms in total. The predicted octanol–water partition coefficient (Wildman–Crippen LogP) is 2.34. The van der Waals surface area contributed by atoms with Crippen LogP contribution in [0.2, 0.25) is 0 Å². The lowest BCUT2D eigenvalue weighted by atomic mass is 10.0. The summed E-state index contributed by atoms with van der Waals surface area (Å²) in [5.41, 5.74) is 0.483. The number of carbonyl (C=O) groups is 2. The van der Waals surface area contributed by atoms with Crippen molar-refractivity contribution < 1.29 is 31.7 Å². The third-order valence-corrected chi connectivity index (χ3v) is 3.42. The lowest BCUT2D eigenvalue weighted by molar-refractivity contribution is 0.0597. The van der Waals surface area contributed by atoms with Gasteiger partial charge in [-0.05, 0) is 51.0 Å². The van der Waals surface area contributed by atoms with Crippen LogP contribution in [-0.2, 0) is 30.2 Å². The first-order valence-corrected chi connectivity index (χ1v) is 9.28. The molecule has 25 heavy (non-hydrogen) atoms. The molecule has 1 amide bonds. The molecule has 0 bridgehead atoms. The van der Waals surface area contributed by atoms with Gasteiger partial charge in [0.05, 0.1) is 25.5 Å². The molecule has 1 rings (SSSR count). The van der Waals surface area contributed by atoms with E-state index in [4.69, 9.17) is 13.7 Å². The Morgan fingerprint density at radius 2 is 1.84 bits per heavy atom. The molecule has 0 unspecified atom stereocenters. The van der Waals surface area contributed by atoms with Gasteiger partial charge < -0.3 is 9.47 Å².